The Balaban J connectivity index is 1.10. The van der Waals surface area contributed by atoms with Crippen LogP contribution in [0.4, 0.5) is 17.1 Å². The predicted molar refractivity (Wildman–Crippen MR) is 225 cm³/mol. The lowest BCUT2D eigenvalue weighted by molar-refractivity contribution is 0.795. The average Bonchev–Trinajstić information content (AvgIpc) is 3.85. The SMILES string of the molecule is c1ccc(N(c2ccccc2)c2ccc(-c3cccc4c3-c3ccccc3C43c4ccccc4-c4c3cc3c5c(cccc45)-c4ccccc4-3)cc2)cc1. The van der Waals surface area contributed by atoms with Gasteiger partial charge in [0.15, 0.2) is 0 Å². The van der Waals surface area contributed by atoms with E-state index in [0.29, 0.717) is 0 Å². The van der Waals surface area contributed by atoms with E-state index in [1.165, 1.54) is 88.7 Å². The molecule has 1 atom stereocenters. The summed E-state index contributed by atoms with van der Waals surface area (Å²) in [7, 11) is 0. The van der Waals surface area contributed by atoms with Gasteiger partial charge in [0.05, 0.1) is 5.41 Å². The molecule has 1 heteroatoms. The Labute approximate surface area is 315 Å². The van der Waals surface area contributed by atoms with Crippen LogP contribution in [0.5, 0.6) is 0 Å². The molecule has 0 fully saturated rings. The van der Waals surface area contributed by atoms with E-state index in [1.54, 1.807) is 0 Å². The molecule has 0 aromatic heterocycles. The van der Waals surface area contributed by atoms with Crippen molar-refractivity contribution in [2.45, 2.75) is 5.41 Å². The van der Waals surface area contributed by atoms with Gasteiger partial charge >= 0.3 is 0 Å². The van der Waals surface area contributed by atoms with Gasteiger partial charge in [-0.3, -0.25) is 0 Å². The van der Waals surface area contributed by atoms with Crippen molar-refractivity contribution < 1.29 is 0 Å². The van der Waals surface area contributed by atoms with Gasteiger partial charge < -0.3 is 4.90 Å². The molecule has 0 saturated carbocycles. The van der Waals surface area contributed by atoms with E-state index in [0.717, 1.165) is 17.1 Å². The number of hydrogen-bond acceptors (Lipinski definition) is 1. The molecule has 9 aromatic carbocycles. The van der Waals surface area contributed by atoms with Crippen LogP contribution >= 0.6 is 0 Å². The van der Waals surface area contributed by atoms with Crippen LogP contribution in [0.15, 0.2) is 200 Å². The summed E-state index contributed by atoms with van der Waals surface area (Å²) in [4.78, 5) is 2.33. The standard InChI is InChI=1S/C53H33N/c1-3-15-35(16-4-1)54(36-17-5-2-6-18-36)37-31-29-34(30-32-37)38-23-14-28-48-51(38)42-21-9-11-26-46(42)53(48)47-27-12-10-22-43(47)52-44-25-13-24-41-39-19-7-8-20-40(39)45(50(41)44)33-49(52)53/h1-33H. The molecular formula is C53H33N. The number of fused-ring (bicyclic) bond motifs is 14. The Bertz CT molecular complexity index is 2940. The Kier molecular flexibility index (Phi) is 6.04. The van der Waals surface area contributed by atoms with Crippen molar-refractivity contribution in [2.24, 2.45) is 0 Å². The van der Waals surface area contributed by atoms with Crippen LogP contribution in [0.25, 0.3) is 66.4 Å². The molecule has 12 rings (SSSR count). The topological polar surface area (TPSA) is 3.24 Å². The van der Waals surface area contributed by atoms with E-state index in [2.05, 4.69) is 205 Å². The zero-order valence-electron chi connectivity index (χ0n) is 29.5. The Morgan fingerprint density at radius 2 is 0.778 bits per heavy atom. The second kappa shape index (κ2) is 11.0. The molecule has 0 radical (unpaired) electrons. The quantitative estimate of drug-likeness (QED) is 0.178. The molecule has 0 bridgehead atoms. The predicted octanol–water partition coefficient (Wildman–Crippen LogP) is 14.0. The van der Waals surface area contributed by atoms with Crippen molar-refractivity contribution in [3.05, 3.63) is 222 Å². The first kappa shape index (κ1) is 29.6. The van der Waals surface area contributed by atoms with E-state index in [9.17, 15) is 0 Å². The first-order valence-corrected chi connectivity index (χ1v) is 18.9. The molecule has 0 aliphatic heterocycles. The van der Waals surface area contributed by atoms with Crippen LogP contribution in [0.3, 0.4) is 0 Å². The van der Waals surface area contributed by atoms with E-state index in [1.807, 2.05) is 0 Å². The van der Waals surface area contributed by atoms with Crippen molar-refractivity contribution in [3.63, 3.8) is 0 Å². The highest BCUT2D eigenvalue weighted by molar-refractivity contribution is 6.21. The summed E-state index contributed by atoms with van der Waals surface area (Å²) in [6.07, 6.45) is 0. The summed E-state index contributed by atoms with van der Waals surface area (Å²) in [6, 6.07) is 74.2. The van der Waals surface area contributed by atoms with Crippen molar-refractivity contribution in [1.82, 2.24) is 0 Å². The minimum Gasteiger partial charge on any atom is -0.311 e. The summed E-state index contributed by atoms with van der Waals surface area (Å²) in [5, 5.41) is 2.73. The van der Waals surface area contributed by atoms with E-state index in [-0.39, 0.29) is 0 Å². The zero-order chi connectivity index (χ0) is 35.4. The van der Waals surface area contributed by atoms with Gasteiger partial charge in [0.25, 0.3) is 0 Å². The minimum atomic E-state index is -0.441. The van der Waals surface area contributed by atoms with Gasteiger partial charge in [0.1, 0.15) is 0 Å². The Morgan fingerprint density at radius 3 is 1.44 bits per heavy atom. The molecule has 1 spiro atoms. The summed E-state index contributed by atoms with van der Waals surface area (Å²) >= 11 is 0. The number of benzene rings is 9. The average molecular weight is 684 g/mol. The second-order valence-corrected chi connectivity index (χ2v) is 14.7. The van der Waals surface area contributed by atoms with Gasteiger partial charge in [-0.1, -0.05) is 158 Å². The molecule has 54 heavy (non-hydrogen) atoms. The fourth-order valence-electron chi connectivity index (χ4n) is 10.2. The minimum absolute atomic E-state index is 0.441. The van der Waals surface area contributed by atoms with E-state index < -0.39 is 5.41 Å². The van der Waals surface area contributed by atoms with Gasteiger partial charge in [0.2, 0.25) is 0 Å². The smallest absolute Gasteiger partial charge is 0.0726 e. The molecule has 9 aromatic rings. The Hall–Kier alpha value is -6.96. The fourth-order valence-corrected chi connectivity index (χ4v) is 10.2. The van der Waals surface area contributed by atoms with Gasteiger partial charge in [-0.25, -0.2) is 0 Å². The van der Waals surface area contributed by atoms with Gasteiger partial charge in [-0.05, 0) is 131 Å². The highest BCUT2D eigenvalue weighted by Crippen LogP contribution is 2.66. The van der Waals surface area contributed by atoms with E-state index in [4.69, 9.17) is 0 Å². The number of hydrogen-bond donors (Lipinski definition) is 0. The third-order valence-electron chi connectivity index (χ3n) is 12.2. The van der Waals surface area contributed by atoms with Crippen molar-refractivity contribution in [3.8, 4) is 55.6 Å². The molecule has 250 valence electrons. The van der Waals surface area contributed by atoms with Crippen molar-refractivity contribution >= 4 is 27.8 Å². The van der Waals surface area contributed by atoms with Crippen LogP contribution in [0.2, 0.25) is 0 Å². The lowest BCUT2D eigenvalue weighted by Gasteiger charge is -2.31. The highest BCUT2D eigenvalue weighted by Gasteiger charge is 2.53. The molecule has 3 aliphatic rings. The molecule has 0 heterocycles. The van der Waals surface area contributed by atoms with Gasteiger partial charge in [0, 0.05) is 17.1 Å². The lowest BCUT2D eigenvalue weighted by atomic mass is 9.70. The lowest BCUT2D eigenvalue weighted by Crippen LogP contribution is -2.26. The molecule has 3 aliphatic carbocycles. The van der Waals surface area contributed by atoms with Crippen molar-refractivity contribution in [2.75, 3.05) is 4.90 Å². The monoisotopic (exact) mass is 683 g/mol. The summed E-state index contributed by atoms with van der Waals surface area (Å²) < 4.78 is 0. The van der Waals surface area contributed by atoms with Crippen LogP contribution in [-0.2, 0) is 5.41 Å². The molecule has 0 amide bonds. The number of nitrogens with zero attached hydrogens (tertiary/aromatic N) is 1. The number of para-hydroxylation sites is 2. The summed E-state index contributed by atoms with van der Waals surface area (Å²) in [5.41, 5.74) is 21.6. The van der Waals surface area contributed by atoms with Crippen LogP contribution in [-0.4, -0.2) is 0 Å². The first-order chi connectivity index (χ1) is 26.8. The molecule has 1 unspecified atom stereocenters. The molecule has 1 nitrogen and oxygen atoms in total. The fraction of sp³-hybridized carbons (Fsp3) is 0.0189. The van der Waals surface area contributed by atoms with E-state index >= 15 is 0 Å². The second-order valence-electron chi connectivity index (χ2n) is 14.7. The van der Waals surface area contributed by atoms with Crippen LogP contribution in [0.1, 0.15) is 22.3 Å². The molecule has 0 saturated heterocycles. The summed E-state index contributed by atoms with van der Waals surface area (Å²) in [5.74, 6) is 0. The number of rotatable bonds is 4. The zero-order valence-corrected chi connectivity index (χ0v) is 29.5. The Morgan fingerprint density at radius 1 is 0.296 bits per heavy atom. The third kappa shape index (κ3) is 3.78. The van der Waals surface area contributed by atoms with Crippen molar-refractivity contribution in [1.29, 1.82) is 0 Å². The normalized spacial score (nSPS) is 15.1. The molecule has 0 N–H and O–H groups in total. The van der Waals surface area contributed by atoms with Gasteiger partial charge in [-0.15, -0.1) is 0 Å². The van der Waals surface area contributed by atoms with Crippen LogP contribution in [0, 0.1) is 0 Å². The van der Waals surface area contributed by atoms with Gasteiger partial charge in [-0.2, -0.15) is 0 Å². The first-order valence-electron chi connectivity index (χ1n) is 18.9. The highest BCUT2D eigenvalue weighted by atomic mass is 15.1. The third-order valence-corrected chi connectivity index (χ3v) is 12.2. The maximum absolute atomic E-state index is 2.56. The molecular weight excluding hydrogens is 651 g/mol. The maximum atomic E-state index is 2.56. The largest absolute Gasteiger partial charge is 0.311 e. The maximum Gasteiger partial charge on any atom is 0.0726 e. The van der Waals surface area contributed by atoms with Crippen LogP contribution < -0.4 is 4.90 Å². The summed E-state index contributed by atoms with van der Waals surface area (Å²) in [6.45, 7) is 0. The number of anilines is 3.